The molecule has 1 N–H and O–H groups in total. The van der Waals surface area contributed by atoms with Gasteiger partial charge in [0.25, 0.3) is 10.0 Å². The highest BCUT2D eigenvalue weighted by Gasteiger charge is 2.31. The first-order valence-corrected chi connectivity index (χ1v) is 9.60. The van der Waals surface area contributed by atoms with E-state index in [0.717, 1.165) is 24.2 Å². The Morgan fingerprint density at radius 3 is 3.00 bits per heavy atom. The molecule has 0 amide bonds. The summed E-state index contributed by atoms with van der Waals surface area (Å²) in [5, 5.41) is 4.83. The first-order chi connectivity index (χ1) is 10.6. The van der Waals surface area contributed by atoms with Gasteiger partial charge in [0.2, 0.25) is 0 Å². The van der Waals surface area contributed by atoms with Crippen LogP contribution in [0.1, 0.15) is 24.3 Å². The molecule has 0 bridgehead atoms. The molecule has 1 saturated heterocycles. The van der Waals surface area contributed by atoms with E-state index in [1.54, 1.807) is 28.0 Å². The van der Waals surface area contributed by atoms with Crippen molar-refractivity contribution in [2.75, 3.05) is 25.5 Å². The van der Waals surface area contributed by atoms with Crippen LogP contribution < -0.4 is 5.32 Å². The summed E-state index contributed by atoms with van der Waals surface area (Å²) >= 11 is 1.28. The van der Waals surface area contributed by atoms with E-state index < -0.39 is 10.0 Å². The van der Waals surface area contributed by atoms with Gasteiger partial charge in [-0.1, -0.05) is 6.07 Å². The highest BCUT2D eigenvalue weighted by atomic mass is 32.2. The lowest BCUT2D eigenvalue weighted by Gasteiger charge is -2.31. The van der Waals surface area contributed by atoms with Crippen molar-refractivity contribution in [1.82, 2.24) is 9.29 Å². The van der Waals surface area contributed by atoms with Crippen LogP contribution in [0.4, 0.5) is 5.82 Å². The summed E-state index contributed by atoms with van der Waals surface area (Å²) < 4.78 is 27.4. The van der Waals surface area contributed by atoms with Crippen LogP contribution in [0.5, 0.6) is 0 Å². The van der Waals surface area contributed by atoms with E-state index in [1.165, 1.54) is 11.3 Å². The first kappa shape index (κ1) is 15.5. The zero-order valence-corrected chi connectivity index (χ0v) is 14.0. The lowest BCUT2D eigenvalue weighted by molar-refractivity contribution is 0.316. The molecule has 7 heteroatoms. The Morgan fingerprint density at radius 2 is 2.27 bits per heavy atom. The van der Waals surface area contributed by atoms with Gasteiger partial charge in [-0.25, -0.2) is 13.4 Å². The van der Waals surface area contributed by atoms with Crippen molar-refractivity contribution in [3.63, 3.8) is 0 Å². The van der Waals surface area contributed by atoms with Gasteiger partial charge in [-0.05, 0) is 47.9 Å². The molecule has 2 aromatic heterocycles. The van der Waals surface area contributed by atoms with Crippen molar-refractivity contribution in [2.45, 2.75) is 23.0 Å². The van der Waals surface area contributed by atoms with Crippen molar-refractivity contribution in [1.29, 1.82) is 0 Å². The standard InChI is InChI=1S/C15H19N3O2S2/c1-16-14-10-12(6-7-17-14)13-4-2-8-18(11-13)22(19,20)15-5-3-9-21-15/h3,5-7,9-10,13H,2,4,8,11H2,1H3,(H,16,17)/t13-/m0/s1. The number of hydrogen-bond donors (Lipinski definition) is 1. The Balaban J connectivity index is 1.82. The minimum absolute atomic E-state index is 0.221. The summed E-state index contributed by atoms with van der Waals surface area (Å²) in [7, 11) is -1.52. The number of piperidine rings is 1. The van der Waals surface area contributed by atoms with Gasteiger partial charge >= 0.3 is 0 Å². The molecule has 1 fully saturated rings. The van der Waals surface area contributed by atoms with Crippen molar-refractivity contribution < 1.29 is 8.42 Å². The number of aromatic nitrogens is 1. The summed E-state index contributed by atoms with van der Waals surface area (Å²) in [4.78, 5) is 4.22. The maximum Gasteiger partial charge on any atom is 0.252 e. The average molecular weight is 337 g/mol. The fourth-order valence-corrected chi connectivity index (χ4v) is 5.48. The number of rotatable bonds is 4. The van der Waals surface area contributed by atoms with Gasteiger partial charge in [0.05, 0.1) is 0 Å². The van der Waals surface area contributed by atoms with Crippen molar-refractivity contribution in [3.8, 4) is 0 Å². The van der Waals surface area contributed by atoms with Crippen LogP contribution in [0.25, 0.3) is 0 Å². The van der Waals surface area contributed by atoms with E-state index in [4.69, 9.17) is 0 Å². The third-order valence-corrected chi connectivity index (χ3v) is 7.22. The molecule has 2 aromatic rings. The largest absolute Gasteiger partial charge is 0.373 e. The first-order valence-electron chi connectivity index (χ1n) is 7.28. The predicted octanol–water partition coefficient (Wildman–Crippen LogP) is 2.75. The van der Waals surface area contributed by atoms with Crippen LogP contribution in [-0.2, 0) is 10.0 Å². The number of nitrogens with zero attached hydrogens (tertiary/aromatic N) is 2. The van der Waals surface area contributed by atoms with Crippen LogP contribution in [-0.4, -0.2) is 37.8 Å². The molecule has 0 spiro atoms. The van der Waals surface area contributed by atoms with E-state index in [2.05, 4.69) is 10.3 Å². The predicted molar refractivity (Wildman–Crippen MR) is 88.8 cm³/mol. The smallest absolute Gasteiger partial charge is 0.252 e. The molecular formula is C15H19N3O2S2. The molecule has 3 heterocycles. The molecule has 0 aliphatic carbocycles. The van der Waals surface area contributed by atoms with E-state index in [9.17, 15) is 8.42 Å². The van der Waals surface area contributed by atoms with E-state index in [0.29, 0.717) is 17.3 Å². The summed E-state index contributed by atoms with van der Waals surface area (Å²) in [6, 6.07) is 7.44. The van der Waals surface area contributed by atoms with Crippen LogP contribution in [0.2, 0.25) is 0 Å². The van der Waals surface area contributed by atoms with Crippen molar-refractivity contribution in [2.24, 2.45) is 0 Å². The number of sulfonamides is 1. The Labute approximate surface area is 135 Å². The van der Waals surface area contributed by atoms with E-state index in [-0.39, 0.29) is 5.92 Å². The number of anilines is 1. The van der Waals surface area contributed by atoms with Crippen LogP contribution >= 0.6 is 11.3 Å². The van der Waals surface area contributed by atoms with Gasteiger partial charge in [-0.2, -0.15) is 4.31 Å². The highest BCUT2D eigenvalue weighted by Crippen LogP contribution is 2.31. The topological polar surface area (TPSA) is 62.3 Å². The maximum atomic E-state index is 12.7. The zero-order chi connectivity index (χ0) is 15.6. The van der Waals surface area contributed by atoms with Crippen LogP contribution in [0.3, 0.4) is 0 Å². The molecule has 0 unspecified atom stereocenters. The van der Waals surface area contributed by atoms with E-state index in [1.807, 2.05) is 19.2 Å². The van der Waals surface area contributed by atoms with Gasteiger partial charge in [0.15, 0.2) is 0 Å². The third-order valence-electron chi connectivity index (χ3n) is 3.98. The highest BCUT2D eigenvalue weighted by molar-refractivity contribution is 7.91. The minimum atomic E-state index is -3.35. The molecule has 0 radical (unpaired) electrons. The lowest BCUT2D eigenvalue weighted by Crippen LogP contribution is -2.38. The Bertz CT molecular complexity index is 729. The Hall–Kier alpha value is -1.44. The molecule has 118 valence electrons. The van der Waals surface area contributed by atoms with Crippen molar-refractivity contribution in [3.05, 3.63) is 41.4 Å². The number of thiophene rings is 1. The number of hydrogen-bond acceptors (Lipinski definition) is 5. The van der Waals surface area contributed by atoms with Gasteiger partial charge in [0.1, 0.15) is 10.0 Å². The fraction of sp³-hybridized carbons (Fsp3) is 0.400. The molecule has 5 nitrogen and oxygen atoms in total. The lowest BCUT2D eigenvalue weighted by atomic mass is 9.92. The van der Waals surface area contributed by atoms with Crippen LogP contribution in [0.15, 0.2) is 40.1 Å². The van der Waals surface area contributed by atoms with Gasteiger partial charge in [0, 0.05) is 26.3 Å². The quantitative estimate of drug-likeness (QED) is 0.932. The summed E-state index contributed by atoms with van der Waals surface area (Å²) in [5.41, 5.74) is 1.14. The monoisotopic (exact) mass is 337 g/mol. The molecule has 1 atom stereocenters. The Kier molecular flexibility index (Phi) is 4.46. The Morgan fingerprint density at radius 1 is 1.41 bits per heavy atom. The summed E-state index contributed by atoms with van der Waals surface area (Å²) in [6.45, 7) is 1.13. The fourth-order valence-electron chi connectivity index (χ4n) is 2.81. The molecule has 3 rings (SSSR count). The van der Waals surface area contributed by atoms with Gasteiger partial charge < -0.3 is 5.32 Å². The normalized spacial score (nSPS) is 20.0. The van der Waals surface area contributed by atoms with Gasteiger partial charge in [-0.3, -0.25) is 0 Å². The van der Waals surface area contributed by atoms with Crippen molar-refractivity contribution >= 4 is 27.2 Å². The summed E-state index contributed by atoms with van der Waals surface area (Å²) in [6.07, 6.45) is 3.66. The molecular weight excluding hydrogens is 318 g/mol. The second-order valence-corrected chi connectivity index (χ2v) is 8.47. The molecule has 22 heavy (non-hydrogen) atoms. The van der Waals surface area contributed by atoms with E-state index >= 15 is 0 Å². The SMILES string of the molecule is CNc1cc([C@H]2CCCN(S(=O)(=O)c3cccs3)C2)ccn1. The molecule has 1 aliphatic rings. The summed E-state index contributed by atoms with van der Waals surface area (Å²) in [5.74, 6) is 1.04. The average Bonchev–Trinajstić information content (AvgIpc) is 3.10. The number of pyridine rings is 1. The van der Waals surface area contributed by atoms with Gasteiger partial charge in [-0.15, -0.1) is 11.3 Å². The minimum Gasteiger partial charge on any atom is -0.373 e. The maximum absolute atomic E-state index is 12.7. The second-order valence-electron chi connectivity index (χ2n) is 5.36. The molecule has 1 aliphatic heterocycles. The number of nitrogens with one attached hydrogen (secondary N) is 1. The second kappa shape index (κ2) is 6.36. The third kappa shape index (κ3) is 3.02. The molecule has 0 aromatic carbocycles. The zero-order valence-electron chi connectivity index (χ0n) is 12.4. The van der Waals surface area contributed by atoms with Crippen LogP contribution in [0, 0.1) is 0 Å². The molecule has 0 saturated carbocycles.